The van der Waals surface area contributed by atoms with Crippen LogP contribution < -0.4 is 10.6 Å². The molecule has 2 aromatic heterocycles. The SMILES string of the molecule is N=[N+]=NC1CCOC(n2cnc3c(N)ncnc32)C1O. The summed E-state index contributed by atoms with van der Waals surface area (Å²) in [6, 6.07) is -0.483. The smallest absolute Gasteiger partial charge is 0.214 e. The van der Waals surface area contributed by atoms with Crippen LogP contribution in [0.1, 0.15) is 12.6 Å². The van der Waals surface area contributed by atoms with E-state index in [1.165, 1.54) is 12.7 Å². The minimum Gasteiger partial charge on any atom is -0.386 e. The van der Waals surface area contributed by atoms with E-state index < -0.39 is 18.4 Å². The van der Waals surface area contributed by atoms with Gasteiger partial charge in [-0.25, -0.2) is 15.0 Å². The van der Waals surface area contributed by atoms with Crippen molar-refractivity contribution in [3.05, 3.63) is 12.7 Å². The van der Waals surface area contributed by atoms with Crippen molar-refractivity contribution in [1.82, 2.24) is 24.4 Å². The first kappa shape index (κ1) is 12.6. The van der Waals surface area contributed by atoms with Crippen molar-refractivity contribution in [2.45, 2.75) is 24.8 Å². The molecule has 3 rings (SSSR count). The molecule has 3 unspecified atom stereocenters. The molecule has 20 heavy (non-hydrogen) atoms. The van der Waals surface area contributed by atoms with Crippen LogP contribution in [0, 0.1) is 5.53 Å². The summed E-state index contributed by atoms with van der Waals surface area (Å²) < 4.78 is 7.15. The van der Waals surface area contributed by atoms with Crippen LogP contribution in [-0.2, 0) is 4.74 Å². The van der Waals surface area contributed by atoms with Crippen LogP contribution >= 0.6 is 0 Å². The minimum atomic E-state index is -0.938. The Labute approximate surface area is 112 Å². The molecule has 0 amide bonds. The van der Waals surface area contributed by atoms with Crippen molar-refractivity contribution in [2.75, 3.05) is 12.3 Å². The number of hydrogen-bond acceptors (Lipinski definition) is 8. The summed E-state index contributed by atoms with van der Waals surface area (Å²) in [4.78, 5) is 15.1. The van der Waals surface area contributed by atoms with Gasteiger partial charge in [0.15, 0.2) is 23.7 Å². The molecule has 0 aromatic carbocycles. The van der Waals surface area contributed by atoms with Gasteiger partial charge in [0.1, 0.15) is 28.6 Å². The first-order valence-corrected chi connectivity index (χ1v) is 6.01. The number of anilines is 1. The van der Waals surface area contributed by atoms with Gasteiger partial charge in [-0.1, -0.05) is 0 Å². The molecule has 1 aliphatic heterocycles. The number of imidazole rings is 1. The van der Waals surface area contributed by atoms with Crippen LogP contribution in [0.25, 0.3) is 11.2 Å². The first-order valence-electron chi connectivity index (χ1n) is 6.01. The summed E-state index contributed by atoms with van der Waals surface area (Å²) >= 11 is 0. The molecular formula is C10H13N8O2+. The predicted molar refractivity (Wildman–Crippen MR) is 66.4 cm³/mol. The second kappa shape index (κ2) is 4.93. The van der Waals surface area contributed by atoms with Gasteiger partial charge in [-0.3, -0.25) is 4.57 Å². The fourth-order valence-electron chi connectivity index (χ4n) is 2.27. The summed E-state index contributed by atoms with van der Waals surface area (Å²) in [5.74, 6) is 0.265. The number of nitrogen functional groups attached to an aromatic ring is 1. The quantitative estimate of drug-likeness (QED) is 0.502. The zero-order valence-corrected chi connectivity index (χ0v) is 10.4. The molecule has 0 spiro atoms. The molecular weight excluding hydrogens is 264 g/mol. The molecule has 0 saturated carbocycles. The van der Waals surface area contributed by atoms with Gasteiger partial charge in [0.2, 0.25) is 4.91 Å². The van der Waals surface area contributed by atoms with Crippen molar-refractivity contribution in [2.24, 2.45) is 5.11 Å². The van der Waals surface area contributed by atoms with E-state index in [1.54, 1.807) is 4.57 Å². The summed E-state index contributed by atoms with van der Waals surface area (Å²) in [5.41, 5.74) is 13.4. The molecule has 0 bridgehead atoms. The Balaban J connectivity index is 2.02. The number of fused-ring (bicyclic) bond motifs is 1. The lowest BCUT2D eigenvalue weighted by Crippen LogP contribution is -2.41. The van der Waals surface area contributed by atoms with E-state index in [0.717, 1.165) is 0 Å². The van der Waals surface area contributed by atoms with Crippen molar-refractivity contribution in [1.29, 1.82) is 5.53 Å². The second-order valence-corrected chi connectivity index (χ2v) is 4.41. The minimum absolute atomic E-state index is 0.265. The van der Waals surface area contributed by atoms with Crippen LogP contribution in [0.15, 0.2) is 17.8 Å². The summed E-state index contributed by atoms with van der Waals surface area (Å²) in [6.07, 6.45) is 1.68. The Kier molecular flexibility index (Phi) is 3.11. The molecule has 4 N–H and O–H groups in total. The highest BCUT2D eigenvalue weighted by Gasteiger charge is 2.37. The fraction of sp³-hybridized carbons (Fsp3) is 0.500. The summed E-state index contributed by atoms with van der Waals surface area (Å²) in [6.45, 7) is 0.394. The molecule has 10 heteroatoms. The normalized spacial score (nSPS) is 26.4. The number of nitrogens with two attached hydrogens (primary N) is 1. The Morgan fingerprint density at radius 2 is 2.35 bits per heavy atom. The monoisotopic (exact) mass is 277 g/mol. The van der Waals surface area contributed by atoms with Gasteiger partial charge in [-0.2, -0.15) is 0 Å². The van der Waals surface area contributed by atoms with Crippen LogP contribution in [0.4, 0.5) is 5.82 Å². The zero-order valence-electron chi connectivity index (χ0n) is 10.4. The highest BCUT2D eigenvalue weighted by Crippen LogP contribution is 2.28. The van der Waals surface area contributed by atoms with Crippen molar-refractivity contribution >= 4 is 17.0 Å². The molecule has 104 valence electrons. The topological polar surface area (TPSA) is 149 Å². The Hall–Kier alpha value is -2.42. The summed E-state index contributed by atoms with van der Waals surface area (Å²) in [5, 5.41) is 14.0. The molecule has 1 fully saturated rings. The molecule has 10 nitrogen and oxygen atoms in total. The highest BCUT2D eigenvalue weighted by atomic mass is 16.5. The largest absolute Gasteiger partial charge is 0.386 e. The molecule has 1 aliphatic rings. The number of ether oxygens (including phenoxy) is 1. The van der Waals surface area contributed by atoms with E-state index >= 15 is 0 Å². The Morgan fingerprint density at radius 3 is 3.15 bits per heavy atom. The number of aromatic nitrogens is 4. The average Bonchev–Trinajstić information content (AvgIpc) is 2.87. The van der Waals surface area contributed by atoms with Crippen molar-refractivity contribution < 1.29 is 9.84 Å². The standard InChI is InChI=1S/C10H13N8O2/c11-8-6-9(14-3-13-8)18(4-15-6)10-7(19)5(16-17-12)1-2-20-10/h3-5,7,10,12,19H,1-2H2,(H2,11,13,14)/q+1. The lowest BCUT2D eigenvalue weighted by molar-refractivity contribution is -0.122. The number of aliphatic hydroxyl groups is 1. The Morgan fingerprint density at radius 1 is 1.50 bits per heavy atom. The van der Waals surface area contributed by atoms with Crippen LogP contribution in [0.3, 0.4) is 0 Å². The molecule has 0 aliphatic carbocycles. The molecule has 3 atom stereocenters. The van der Waals surface area contributed by atoms with E-state index in [1.807, 2.05) is 0 Å². The fourth-order valence-corrected chi connectivity index (χ4v) is 2.27. The zero-order chi connectivity index (χ0) is 14.1. The number of hydrogen-bond donors (Lipinski definition) is 3. The third kappa shape index (κ3) is 1.92. The summed E-state index contributed by atoms with van der Waals surface area (Å²) in [7, 11) is 0. The van der Waals surface area contributed by atoms with Crippen LogP contribution in [-0.4, -0.2) is 43.4 Å². The average molecular weight is 277 g/mol. The van der Waals surface area contributed by atoms with Gasteiger partial charge >= 0.3 is 0 Å². The maximum atomic E-state index is 10.3. The third-order valence-corrected chi connectivity index (χ3v) is 3.26. The van der Waals surface area contributed by atoms with Gasteiger partial charge in [0.05, 0.1) is 12.9 Å². The first-order chi connectivity index (χ1) is 9.72. The van der Waals surface area contributed by atoms with Gasteiger partial charge in [-0.05, 0) is 0 Å². The second-order valence-electron chi connectivity index (χ2n) is 4.41. The van der Waals surface area contributed by atoms with E-state index in [0.29, 0.717) is 24.2 Å². The van der Waals surface area contributed by atoms with Gasteiger partial charge in [0, 0.05) is 6.42 Å². The van der Waals surface area contributed by atoms with E-state index in [2.05, 4.69) is 25.0 Å². The predicted octanol–water partition coefficient (Wildman–Crippen LogP) is -0.393. The highest BCUT2D eigenvalue weighted by molar-refractivity contribution is 5.81. The molecule has 1 saturated heterocycles. The third-order valence-electron chi connectivity index (χ3n) is 3.26. The lowest BCUT2D eigenvalue weighted by atomic mass is 10.0. The lowest BCUT2D eigenvalue weighted by Gasteiger charge is -2.30. The van der Waals surface area contributed by atoms with Gasteiger partial charge in [0.25, 0.3) is 0 Å². The van der Waals surface area contributed by atoms with E-state index in [4.69, 9.17) is 16.0 Å². The maximum absolute atomic E-state index is 10.3. The molecule has 2 aromatic rings. The van der Waals surface area contributed by atoms with Gasteiger partial charge in [-0.15, -0.1) is 0 Å². The van der Waals surface area contributed by atoms with Crippen LogP contribution in [0.5, 0.6) is 0 Å². The number of nitrogens with zero attached hydrogens (tertiary/aromatic N) is 6. The van der Waals surface area contributed by atoms with Crippen LogP contribution in [0.2, 0.25) is 0 Å². The van der Waals surface area contributed by atoms with Gasteiger partial charge < -0.3 is 15.6 Å². The van der Waals surface area contributed by atoms with Crippen molar-refractivity contribution in [3.8, 4) is 0 Å². The van der Waals surface area contributed by atoms with Crippen molar-refractivity contribution in [3.63, 3.8) is 0 Å². The van der Waals surface area contributed by atoms with E-state index in [9.17, 15) is 5.11 Å². The number of rotatable bonds is 2. The number of aliphatic hydroxyl groups excluding tert-OH is 1. The maximum Gasteiger partial charge on any atom is 0.214 e. The molecule has 0 radical (unpaired) electrons. The Bertz CT molecular complexity index is 679. The van der Waals surface area contributed by atoms with E-state index in [-0.39, 0.29) is 5.82 Å². The number of nitrogens with one attached hydrogen (secondary N) is 1. The molecule has 3 heterocycles.